The molecule has 17 heavy (non-hydrogen) atoms. The van der Waals surface area contributed by atoms with Crippen LogP contribution in [0, 0.1) is 12.7 Å². The van der Waals surface area contributed by atoms with Crippen molar-refractivity contribution in [3.8, 4) is 11.1 Å². The second-order valence-corrected chi connectivity index (χ2v) is 4.91. The van der Waals surface area contributed by atoms with Crippen LogP contribution in [-0.2, 0) is 0 Å². The molecule has 0 aliphatic heterocycles. The molecular weight excluding hydrogens is 282 g/mol. The van der Waals surface area contributed by atoms with Gasteiger partial charge in [0.1, 0.15) is 5.82 Å². The van der Waals surface area contributed by atoms with Crippen LogP contribution in [0.15, 0.2) is 30.3 Å². The molecular formula is C13H8Cl3F. The molecule has 0 atom stereocenters. The number of benzene rings is 2. The fourth-order valence-electron chi connectivity index (χ4n) is 1.55. The van der Waals surface area contributed by atoms with Crippen molar-refractivity contribution < 1.29 is 4.39 Å². The van der Waals surface area contributed by atoms with Gasteiger partial charge in [-0.1, -0.05) is 40.9 Å². The molecule has 88 valence electrons. The average molecular weight is 290 g/mol. The summed E-state index contributed by atoms with van der Waals surface area (Å²) in [5, 5.41) is 1.10. The zero-order chi connectivity index (χ0) is 12.6. The van der Waals surface area contributed by atoms with Crippen LogP contribution in [0.5, 0.6) is 0 Å². The summed E-state index contributed by atoms with van der Waals surface area (Å²) in [6, 6.07) is 8.26. The van der Waals surface area contributed by atoms with Crippen molar-refractivity contribution in [3.63, 3.8) is 0 Å². The summed E-state index contributed by atoms with van der Waals surface area (Å²) in [7, 11) is 0. The topological polar surface area (TPSA) is 0 Å². The van der Waals surface area contributed by atoms with E-state index in [-0.39, 0.29) is 5.82 Å². The van der Waals surface area contributed by atoms with E-state index in [0.29, 0.717) is 20.6 Å². The molecule has 0 aromatic heterocycles. The molecule has 0 aliphatic rings. The van der Waals surface area contributed by atoms with Crippen LogP contribution in [0.2, 0.25) is 15.1 Å². The van der Waals surface area contributed by atoms with Crippen LogP contribution in [0.25, 0.3) is 11.1 Å². The highest BCUT2D eigenvalue weighted by molar-refractivity contribution is 6.48. The van der Waals surface area contributed by atoms with Crippen molar-refractivity contribution in [3.05, 3.63) is 56.8 Å². The van der Waals surface area contributed by atoms with E-state index in [0.717, 1.165) is 11.1 Å². The largest absolute Gasteiger partial charge is 0.207 e. The molecule has 2 rings (SSSR count). The quantitative estimate of drug-likeness (QED) is 0.585. The third-order valence-corrected chi connectivity index (χ3v) is 3.67. The van der Waals surface area contributed by atoms with Gasteiger partial charge in [0, 0.05) is 0 Å². The van der Waals surface area contributed by atoms with E-state index in [9.17, 15) is 4.39 Å². The first-order valence-corrected chi connectivity index (χ1v) is 6.03. The van der Waals surface area contributed by atoms with Gasteiger partial charge < -0.3 is 0 Å². The summed E-state index contributed by atoms with van der Waals surface area (Å²) in [5.41, 5.74) is 2.24. The first-order chi connectivity index (χ1) is 7.99. The molecule has 0 heterocycles. The molecule has 2 aromatic rings. The minimum Gasteiger partial charge on any atom is -0.207 e. The zero-order valence-corrected chi connectivity index (χ0v) is 11.2. The van der Waals surface area contributed by atoms with Gasteiger partial charge in [-0.25, -0.2) is 4.39 Å². The second-order valence-electron chi connectivity index (χ2n) is 3.72. The number of rotatable bonds is 1. The van der Waals surface area contributed by atoms with Crippen molar-refractivity contribution in [1.82, 2.24) is 0 Å². The predicted molar refractivity (Wildman–Crippen MR) is 71.6 cm³/mol. The van der Waals surface area contributed by atoms with Gasteiger partial charge in [0.2, 0.25) is 0 Å². The molecule has 0 saturated heterocycles. The van der Waals surface area contributed by atoms with Gasteiger partial charge in [0.05, 0.1) is 15.1 Å². The van der Waals surface area contributed by atoms with Crippen LogP contribution in [0.1, 0.15) is 5.56 Å². The highest BCUT2D eigenvalue weighted by Crippen LogP contribution is 2.35. The smallest absolute Gasteiger partial charge is 0.126 e. The Morgan fingerprint density at radius 2 is 1.47 bits per heavy atom. The fraction of sp³-hybridized carbons (Fsp3) is 0.0769. The molecule has 2 aromatic carbocycles. The van der Waals surface area contributed by atoms with Crippen LogP contribution in [0.3, 0.4) is 0 Å². The third-order valence-electron chi connectivity index (χ3n) is 2.48. The summed E-state index contributed by atoms with van der Waals surface area (Å²) in [4.78, 5) is 0. The Bertz CT molecular complexity index is 556. The van der Waals surface area contributed by atoms with Crippen molar-refractivity contribution in [2.24, 2.45) is 0 Å². The van der Waals surface area contributed by atoms with Crippen LogP contribution < -0.4 is 0 Å². The Labute approximate surface area is 114 Å². The predicted octanol–water partition coefficient (Wildman–Crippen LogP) is 5.76. The van der Waals surface area contributed by atoms with E-state index in [1.54, 1.807) is 31.2 Å². The van der Waals surface area contributed by atoms with Crippen molar-refractivity contribution >= 4 is 34.8 Å². The maximum absolute atomic E-state index is 13.2. The van der Waals surface area contributed by atoms with Gasteiger partial charge in [0.25, 0.3) is 0 Å². The minimum atomic E-state index is -0.236. The molecule has 4 heteroatoms. The summed E-state index contributed by atoms with van der Waals surface area (Å²) >= 11 is 17.8. The molecule has 0 spiro atoms. The summed E-state index contributed by atoms with van der Waals surface area (Å²) < 4.78 is 13.2. The molecule has 0 saturated carbocycles. The number of halogens is 4. The number of hydrogen-bond acceptors (Lipinski definition) is 0. The summed E-state index contributed by atoms with van der Waals surface area (Å²) in [6.07, 6.45) is 0. The average Bonchev–Trinajstić information content (AvgIpc) is 2.29. The standard InChI is InChI=1S/C13H8Cl3F/c1-7-4-8(2-3-12(7)17)9-5-10(14)13(16)11(15)6-9/h2-6H,1H3. The van der Waals surface area contributed by atoms with Gasteiger partial charge in [-0.3, -0.25) is 0 Å². The zero-order valence-electron chi connectivity index (χ0n) is 8.90. The van der Waals surface area contributed by atoms with Crippen molar-refractivity contribution in [1.29, 1.82) is 0 Å². The normalized spacial score (nSPS) is 10.6. The van der Waals surface area contributed by atoms with E-state index in [2.05, 4.69) is 0 Å². The highest BCUT2D eigenvalue weighted by Gasteiger charge is 2.08. The lowest BCUT2D eigenvalue weighted by atomic mass is 10.0. The molecule has 0 nitrogen and oxygen atoms in total. The van der Waals surface area contributed by atoms with Crippen LogP contribution in [-0.4, -0.2) is 0 Å². The van der Waals surface area contributed by atoms with Crippen LogP contribution >= 0.6 is 34.8 Å². The van der Waals surface area contributed by atoms with E-state index < -0.39 is 0 Å². The highest BCUT2D eigenvalue weighted by atomic mass is 35.5. The maximum Gasteiger partial charge on any atom is 0.126 e. The number of hydrogen-bond donors (Lipinski definition) is 0. The van der Waals surface area contributed by atoms with E-state index in [1.165, 1.54) is 6.07 Å². The Kier molecular flexibility index (Phi) is 3.62. The SMILES string of the molecule is Cc1cc(-c2cc(Cl)c(Cl)c(Cl)c2)ccc1F. The van der Waals surface area contributed by atoms with E-state index in [1.807, 2.05) is 0 Å². The molecule has 0 N–H and O–H groups in total. The van der Waals surface area contributed by atoms with Gasteiger partial charge in [-0.15, -0.1) is 0 Å². The van der Waals surface area contributed by atoms with E-state index in [4.69, 9.17) is 34.8 Å². The van der Waals surface area contributed by atoms with Gasteiger partial charge in [-0.05, 0) is 47.9 Å². The Morgan fingerprint density at radius 3 is 2.00 bits per heavy atom. The molecule has 0 fully saturated rings. The van der Waals surface area contributed by atoms with Gasteiger partial charge >= 0.3 is 0 Å². The Balaban J connectivity index is 2.57. The molecule has 0 bridgehead atoms. The van der Waals surface area contributed by atoms with Crippen molar-refractivity contribution in [2.45, 2.75) is 6.92 Å². The fourth-order valence-corrected chi connectivity index (χ4v) is 2.14. The third kappa shape index (κ3) is 2.57. The Hall–Kier alpha value is -0.760. The van der Waals surface area contributed by atoms with Crippen LogP contribution in [0.4, 0.5) is 4.39 Å². The lowest BCUT2D eigenvalue weighted by molar-refractivity contribution is 0.619. The summed E-state index contributed by atoms with van der Waals surface area (Å²) in [5.74, 6) is -0.236. The first kappa shape index (κ1) is 12.7. The van der Waals surface area contributed by atoms with Gasteiger partial charge in [-0.2, -0.15) is 0 Å². The molecule has 0 unspecified atom stereocenters. The Morgan fingerprint density at radius 1 is 0.882 bits per heavy atom. The molecule has 0 aliphatic carbocycles. The minimum absolute atomic E-state index is 0.236. The first-order valence-electron chi connectivity index (χ1n) is 4.90. The molecule has 0 amide bonds. The lowest BCUT2D eigenvalue weighted by Gasteiger charge is -2.07. The second kappa shape index (κ2) is 4.85. The lowest BCUT2D eigenvalue weighted by Crippen LogP contribution is -1.85. The monoisotopic (exact) mass is 288 g/mol. The number of aryl methyl sites for hydroxylation is 1. The molecule has 0 radical (unpaired) electrons. The maximum atomic E-state index is 13.2. The van der Waals surface area contributed by atoms with E-state index >= 15 is 0 Å². The van der Waals surface area contributed by atoms with Gasteiger partial charge in [0.15, 0.2) is 0 Å². The van der Waals surface area contributed by atoms with Crippen molar-refractivity contribution in [2.75, 3.05) is 0 Å². The summed E-state index contributed by atoms with van der Waals surface area (Å²) in [6.45, 7) is 1.71.